The fraction of sp³-hybridized carbons (Fsp3) is 0.579. The Morgan fingerprint density at radius 2 is 1.91 bits per heavy atom. The van der Waals surface area contributed by atoms with E-state index in [2.05, 4.69) is 49.0 Å². The van der Waals surface area contributed by atoms with Crippen LogP contribution in [-0.2, 0) is 18.3 Å². The molecule has 2 aromatic rings. The Hall–Kier alpha value is -1.84. The van der Waals surface area contributed by atoms with E-state index in [0.717, 1.165) is 56.4 Å². The monoisotopic (exact) mass is 315 g/mol. The lowest BCUT2D eigenvalue weighted by molar-refractivity contribution is -0.125. The number of rotatable bonds is 9. The van der Waals surface area contributed by atoms with Crippen LogP contribution >= 0.6 is 0 Å². The third-order valence-corrected chi connectivity index (χ3v) is 4.61. The summed E-state index contributed by atoms with van der Waals surface area (Å²) in [5.41, 5.74) is 2.27. The van der Waals surface area contributed by atoms with Gasteiger partial charge in [0.05, 0.1) is 11.0 Å². The average molecular weight is 315 g/mol. The first-order valence-electron chi connectivity index (χ1n) is 8.85. The van der Waals surface area contributed by atoms with E-state index in [4.69, 9.17) is 4.98 Å². The highest BCUT2D eigenvalue weighted by molar-refractivity contribution is 5.78. The van der Waals surface area contributed by atoms with E-state index in [1.54, 1.807) is 0 Å². The minimum absolute atomic E-state index is 0.176. The zero-order valence-electron chi connectivity index (χ0n) is 14.6. The highest BCUT2D eigenvalue weighted by Crippen LogP contribution is 2.16. The average Bonchev–Trinajstić information content (AvgIpc) is 2.88. The molecule has 0 aliphatic heterocycles. The van der Waals surface area contributed by atoms with Gasteiger partial charge in [-0.1, -0.05) is 32.4 Å². The van der Waals surface area contributed by atoms with Crippen LogP contribution in [0.3, 0.4) is 0 Å². The number of benzene rings is 1. The first-order valence-corrected chi connectivity index (χ1v) is 8.85. The molecule has 2 rings (SSSR count). The first-order chi connectivity index (χ1) is 11.2. The molecule has 23 heavy (non-hydrogen) atoms. The van der Waals surface area contributed by atoms with Crippen LogP contribution in [0, 0.1) is 5.92 Å². The standard InChI is InChI=1S/C19H29N3O/c1-4-15(5-2)19(23)20-14-10-6-7-13-18-21-16-11-8-9-12-17(16)22(18)3/h8-9,11-12,15H,4-7,10,13-14H2,1-3H3,(H,20,23). The summed E-state index contributed by atoms with van der Waals surface area (Å²) < 4.78 is 2.18. The van der Waals surface area contributed by atoms with Crippen LogP contribution in [0.5, 0.6) is 0 Å². The maximum Gasteiger partial charge on any atom is 0.223 e. The number of aromatic nitrogens is 2. The van der Waals surface area contributed by atoms with Crippen molar-refractivity contribution in [1.82, 2.24) is 14.9 Å². The Kier molecular flexibility index (Phi) is 6.63. The second-order valence-corrected chi connectivity index (χ2v) is 6.19. The van der Waals surface area contributed by atoms with Crippen LogP contribution < -0.4 is 5.32 Å². The number of carbonyl (C=O) groups is 1. The van der Waals surface area contributed by atoms with E-state index in [0.29, 0.717) is 0 Å². The second-order valence-electron chi connectivity index (χ2n) is 6.19. The predicted octanol–water partition coefficient (Wildman–Crippen LogP) is 3.84. The molecule has 0 aliphatic carbocycles. The number of hydrogen-bond acceptors (Lipinski definition) is 2. The van der Waals surface area contributed by atoms with Gasteiger partial charge in [0.25, 0.3) is 0 Å². The number of carbonyl (C=O) groups excluding carboxylic acids is 1. The van der Waals surface area contributed by atoms with Crippen LogP contribution in [0.2, 0.25) is 0 Å². The van der Waals surface area contributed by atoms with E-state index in [1.807, 2.05) is 6.07 Å². The summed E-state index contributed by atoms with van der Waals surface area (Å²) in [6, 6.07) is 8.25. The lowest BCUT2D eigenvalue weighted by atomic mass is 10.0. The SMILES string of the molecule is CCC(CC)C(=O)NCCCCCc1nc2ccccc2n1C. The molecule has 1 aromatic heterocycles. The number of fused-ring (bicyclic) bond motifs is 1. The number of imidazole rings is 1. The Labute approximate surface area is 139 Å². The van der Waals surface area contributed by atoms with Crippen LogP contribution in [-0.4, -0.2) is 22.0 Å². The van der Waals surface area contributed by atoms with Gasteiger partial charge in [-0.25, -0.2) is 4.98 Å². The molecule has 126 valence electrons. The van der Waals surface area contributed by atoms with Crippen molar-refractivity contribution in [3.63, 3.8) is 0 Å². The lowest BCUT2D eigenvalue weighted by Crippen LogP contribution is -2.30. The maximum absolute atomic E-state index is 11.9. The van der Waals surface area contributed by atoms with Gasteiger partial charge in [0.2, 0.25) is 5.91 Å². The molecule has 1 amide bonds. The summed E-state index contributed by atoms with van der Waals surface area (Å²) in [6.07, 6.45) is 6.11. The van der Waals surface area contributed by atoms with Gasteiger partial charge in [0, 0.05) is 25.9 Å². The fourth-order valence-electron chi connectivity index (χ4n) is 3.02. The predicted molar refractivity (Wildman–Crippen MR) is 95.4 cm³/mol. The van der Waals surface area contributed by atoms with E-state index in [1.165, 1.54) is 5.52 Å². The van der Waals surface area contributed by atoms with Crippen molar-refractivity contribution in [1.29, 1.82) is 0 Å². The van der Waals surface area contributed by atoms with E-state index in [-0.39, 0.29) is 11.8 Å². The van der Waals surface area contributed by atoms with Gasteiger partial charge in [-0.2, -0.15) is 0 Å². The lowest BCUT2D eigenvalue weighted by Gasteiger charge is -2.12. The van der Waals surface area contributed by atoms with E-state index < -0.39 is 0 Å². The van der Waals surface area contributed by atoms with Crippen LogP contribution in [0.1, 0.15) is 51.8 Å². The largest absolute Gasteiger partial charge is 0.356 e. The van der Waals surface area contributed by atoms with Gasteiger partial charge < -0.3 is 9.88 Å². The molecule has 0 atom stereocenters. The van der Waals surface area contributed by atoms with Crippen molar-refractivity contribution >= 4 is 16.9 Å². The molecule has 0 radical (unpaired) electrons. The molecule has 0 aliphatic rings. The quantitative estimate of drug-likeness (QED) is 0.715. The molecule has 0 fully saturated rings. The molecule has 4 nitrogen and oxygen atoms in total. The molecule has 1 N–H and O–H groups in total. The Morgan fingerprint density at radius 1 is 1.17 bits per heavy atom. The summed E-state index contributed by atoms with van der Waals surface area (Å²) in [6.45, 7) is 4.94. The Bertz CT molecular complexity index is 629. The number of aryl methyl sites for hydroxylation is 2. The topological polar surface area (TPSA) is 46.9 Å². The minimum atomic E-state index is 0.176. The van der Waals surface area contributed by atoms with E-state index in [9.17, 15) is 4.79 Å². The Balaban J connectivity index is 1.69. The molecule has 0 spiro atoms. The molecule has 0 saturated heterocycles. The zero-order chi connectivity index (χ0) is 16.7. The second kappa shape index (κ2) is 8.70. The summed E-state index contributed by atoms with van der Waals surface area (Å²) in [5.74, 6) is 1.53. The van der Waals surface area contributed by atoms with Crippen molar-refractivity contribution in [3.05, 3.63) is 30.1 Å². The molecule has 1 aromatic carbocycles. The minimum Gasteiger partial charge on any atom is -0.356 e. The van der Waals surface area contributed by atoms with Gasteiger partial charge in [0.1, 0.15) is 5.82 Å². The summed E-state index contributed by atoms with van der Waals surface area (Å²) in [7, 11) is 2.08. The van der Waals surface area contributed by atoms with Gasteiger partial charge in [-0.15, -0.1) is 0 Å². The summed E-state index contributed by atoms with van der Waals surface area (Å²) in [5, 5.41) is 3.06. The summed E-state index contributed by atoms with van der Waals surface area (Å²) in [4.78, 5) is 16.6. The number of para-hydroxylation sites is 2. The highest BCUT2D eigenvalue weighted by atomic mass is 16.1. The number of nitrogens with one attached hydrogen (secondary N) is 1. The number of amides is 1. The molecule has 0 bridgehead atoms. The smallest absolute Gasteiger partial charge is 0.223 e. The van der Waals surface area contributed by atoms with Crippen molar-refractivity contribution < 1.29 is 4.79 Å². The molecule has 0 unspecified atom stereocenters. The number of hydrogen-bond donors (Lipinski definition) is 1. The Morgan fingerprint density at radius 3 is 2.61 bits per heavy atom. The molecule has 4 heteroatoms. The normalized spacial score (nSPS) is 11.3. The van der Waals surface area contributed by atoms with Crippen molar-refractivity contribution in [2.45, 2.75) is 52.4 Å². The molecular formula is C19H29N3O. The maximum atomic E-state index is 11.9. The first kappa shape index (κ1) is 17.5. The van der Waals surface area contributed by atoms with Crippen molar-refractivity contribution in [2.75, 3.05) is 6.54 Å². The number of unbranched alkanes of at least 4 members (excludes halogenated alkanes) is 2. The molecular weight excluding hydrogens is 286 g/mol. The van der Waals surface area contributed by atoms with E-state index >= 15 is 0 Å². The van der Waals surface area contributed by atoms with Crippen LogP contribution in [0.15, 0.2) is 24.3 Å². The number of nitrogens with zero attached hydrogens (tertiary/aromatic N) is 2. The zero-order valence-corrected chi connectivity index (χ0v) is 14.6. The van der Waals surface area contributed by atoms with Gasteiger partial charge in [0.15, 0.2) is 0 Å². The highest BCUT2D eigenvalue weighted by Gasteiger charge is 2.12. The van der Waals surface area contributed by atoms with Gasteiger partial charge in [-0.05, 0) is 37.8 Å². The third kappa shape index (κ3) is 4.57. The fourth-order valence-corrected chi connectivity index (χ4v) is 3.02. The summed E-state index contributed by atoms with van der Waals surface area (Å²) >= 11 is 0. The van der Waals surface area contributed by atoms with Crippen LogP contribution in [0.4, 0.5) is 0 Å². The van der Waals surface area contributed by atoms with Gasteiger partial charge >= 0.3 is 0 Å². The molecule has 1 heterocycles. The van der Waals surface area contributed by atoms with Gasteiger partial charge in [-0.3, -0.25) is 4.79 Å². The van der Waals surface area contributed by atoms with Crippen molar-refractivity contribution in [3.8, 4) is 0 Å². The van der Waals surface area contributed by atoms with Crippen molar-refractivity contribution in [2.24, 2.45) is 13.0 Å². The third-order valence-electron chi connectivity index (χ3n) is 4.61. The van der Waals surface area contributed by atoms with Crippen LogP contribution in [0.25, 0.3) is 11.0 Å². The molecule has 0 saturated carbocycles.